The molecular formula is C23H25N5O3. The van der Waals surface area contributed by atoms with Crippen LogP contribution in [0.25, 0.3) is 0 Å². The highest BCUT2D eigenvalue weighted by Crippen LogP contribution is 2.33. The Morgan fingerprint density at radius 3 is 2.58 bits per heavy atom. The summed E-state index contributed by atoms with van der Waals surface area (Å²) in [5.41, 5.74) is 2.00. The number of likely N-dealkylation sites (tertiary alicyclic amines) is 1. The molecule has 1 fully saturated rings. The number of hydrogen-bond acceptors (Lipinski definition) is 5. The van der Waals surface area contributed by atoms with Gasteiger partial charge in [0.2, 0.25) is 0 Å². The number of aryl methyl sites for hydroxylation is 2. The average Bonchev–Trinajstić information content (AvgIpc) is 3.39. The van der Waals surface area contributed by atoms with E-state index in [0.29, 0.717) is 41.5 Å². The van der Waals surface area contributed by atoms with Gasteiger partial charge in [-0.1, -0.05) is 18.2 Å². The largest absolute Gasteiger partial charge is 0.497 e. The average molecular weight is 419 g/mol. The molecule has 0 bridgehead atoms. The second-order valence-corrected chi connectivity index (χ2v) is 7.71. The van der Waals surface area contributed by atoms with E-state index < -0.39 is 0 Å². The van der Waals surface area contributed by atoms with Crippen molar-refractivity contribution in [2.75, 3.05) is 13.7 Å². The Bertz CT molecular complexity index is 1100. The third-order valence-corrected chi connectivity index (χ3v) is 5.51. The zero-order chi connectivity index (χ0) is 22.0. The minimum Gasteiger partial charge on any atom is -0.497 e. The van der Waals surface area contributed by atoms with Crippen LogP contribution >= 0.6 is 0 Å². The first-order valence-electron chi connectivity index (χ1n) is 10.2. The maximum atomic E-state index is 13.5. The molecule has 160 valence electrons. The standard InChI is InChI=1S/C23H25N5O3/c1-14-11-18(31-3)9-10-19(14)23(30)28-13-17(12-20(28)21-24-15(2)26-27-21)25-22(29)16-7-5-4-6-8-16/h4-11,17,20H,12-13H2,1-3H3,(H,25,29)(H,24,26,27)/t17-,20-/m0/s1. The van der Waals surface area contributed by atoms with Gasteiger partial charge in [0, 0.05) is 23.7 Å². The minimum absolute atomic E-state index is 0.121. The summed E-state index contributed by atoms with van der Waals surface area (Å²) in [5, 5.41) is 10.2. The van der Waals surface area contributed by atoms with Crippen LogP contribution in [0.5, 0.6) is 5.75 Å². The highest BCUT2D eigenvalue weighted by Gasteiger charge is 2.39. The van der Waals surface area contributed by atoms with Crippen LogP contribution in [-0.4, -0.2) is 51.6 Å². The molecule has 1 aromatic heterocycles. The summed E-state index contributed by atoms with van der Waals surface area (Å²) < 4.78 is 5.25. The van der Waals surface area contributed by atoms with E-state index in [0.717, 1.165) is 5.56 Å². The number of nitrogens with zero attached hydrogens (tertiary/aromatic N) is 3. The Morgan fingerprint density at radius 1 is 1.16 bits per heavy atom. The van der Waals surface area contributed by atoms with E-state index >= 15 is 0 Å². The van der Waals surface area contributed by atoms with Crippen LogP contribution in [0.15, 0.2) is 48.5 Å². The lowest BCUT2D eigenvalue weighted by Crippen LogP contribution is -2.38. The number of carbonyl (C=O) groups excluding carboxylic acids is 2. The van der Waals surface area contributed by atoms with Crippen LogP contribution in [0.2, 0.25) is 0 Å². The molecule has 8 heteroatoms. The van der Waals surface area contributed by atoms with Gasteiger partial charge in [0.05, 0.1) is 13.2 Å². The lowest BCUT2D eigenvalue weighted by Gasteiger charge is -2.23. The Labute approximate surface area is 180 Å². The number of hydrogen-bond donors (Lipinski definition) is 2. The maximum Gasteiger partial charge on any atom is 0.254 e. The predicted octanol–water partition coefficient (Wildman–Crippen LogP) is 2.82. The molecule has 1 saturated heterocycles. The van der Waals surface area contributed by atoms with Gasteiger partial charge in [0.25, 0.3) is 11.8 Å². The molecule has 1 aliphatic rings. The molecule has 0 saturated carbocycles. The first-order valence-corrected chi connectivity index (χ1v) is 10.2. The molecule has 2 heterocycles. The number of amides is 2. The second kappa shape index (κ2) is 8.59. The van der Waals surface area contributed by atoms with Crippen molar-refractivity contribution in [3.05, 3.63) is 76.9 Å². The molecule has 31 heavy (non-hydrogen) atoms. The zero-order valence-electron chi connectivity index (χ0n) is 17.8. The Kier molecular flexibility index (Phi) is 5.70. The van der Waals surface area contributed by atoms with E-state index in [2.05, 4.69) is 20.5 Å². The number of rotatable bonds is 5. The summed E-state index contributed by atoms with van der Waals surface area (Å²) in [5.74, 6) is 1.65. The molecule has 4 rings (SSSR count). The lowest BCUT2D eigenvalue weighted by atomic mass is 10.1. The number of aromatic amines is 1. The fraction of sp³-hybridized carbons (Fsp3) is 0.304. The molecule has 8 nitrogen and oxygen atoms in total. The molecule has 0 radical (unpaired) electrons. The maximum absolute atomic E-state index is 13.5. The Balaban J connectivity index is 1.59. The molecule has 2 aromatic carbocycles. The molecule has 0 spiro atoms. The molecule has 2 atom stereocenters. The number of nitrogens with one attached hydrogen (secondary N) is 2. The summed E-state index contributed by atoms with van der Waals surface area (Å²) in [6, 6.07) is 13.9. The number of methoxy groups -OCH3 is 1. The molecule has 3 aromatic rings. The minimum atomic E-state index is -0.333. The SMILES string of the molecule is COc1ccc(C(=O)N2C[C@@H](NC(=O)c3ccccc3)C[C@H]2c2n[nH]c(C)n2)c(C)c1. The van der Waals surface area contributed by atoms with Crippen LogP contribution in [-0.2, 0) is 0 Å². The van der Waals surface area contributed by atoms with Gasteiger partial charge >= 0.3 is 0 Å². The molecule has 0 aliphatic carbocycles. The third-order valence-electron chi connectivity index (χ3n) is 5.51. The summed E-state index contributed by atoms with van der Waals surface area (Å²) in [6.07, 6.45) is 0.539. The van der Waals surface area contributed by atoms with Crippen LogP contribution in [0, 0.1) is 13.8 Å². The van der Waals surface area contributed by atoms with E-state index in [1.165, 1.54) is 0 Å². The van der Waals surface area contributed by atoms with Gasteiger partial charge < -0.3 is 15.0 Å². The van der Waals surface area contributed by atoms with E-state index in [9.17, 15) is 9.59 Å². The van der Waals surface area contributed by atoms with Crippen LogP contribution < -0.4 is 10.1 Å². The van der Waals surface area contributed by atoms with Gasteiger partial charge in [0.15, 0.2) is 5.82 Å². The quantitative estimate of drug-likeness (QED) is 0.662. The summed E-state index contributed by atoms with van der Waals surface area (Å²) in [4.78, 5) is 32.3. The number of aromatic nitrogens is 3. The zero-order valence-corrected chi connectivity index (χ0v) is 17.8. The van der Waals surface area contributed by atoms with Crippen molar-refractivity contribution in [2.45, 2.75) is 32.4 Å². The highest BCUT2D eigenvalue weighted by atomic mass is 16.5. The number of benzene rings is 2. The van der Waals surface area contributed by atoms with Crippen LogP contribution in [0.4, 0.5) is 0 Å². The topological polar surface area (TPSA) is 100 Å². The van der Waals surface area contributed by atoms with Gasteiger partial charge in [-0.05, 0) is 56.2 Å². The summed E-state index contributed by atoms with van der Waals surface area (Å²) >= 11 is 0. The smallest absolute Gasteiger partial charge is 0.254 e. The number of ether oxygens (including phenoxy) is 1. The van der Waals surface area contributed by atoms with Crippen LogP contribution in [0.1, 0.15) is 50.4 Å². The van der Waals surface area contributed by atoms with Crippen molar-refractivity contribution in [1.29, 1.82) is 0 Å². The van der Waals surface area contributed by atoms with Gasteiger partial charge in [-0.3, -0.25) is 14.7 Å². The van der Waals surface area contributed by atoms with Crippen molar-refractivity contribution in [3.63, 3.8) is 0 Å². The van der Waals surface area contributed by atoms with E-state index in [-0.39, 0.29) is 23.9 Å². The lowest BCUT2D eigenvalue weighted by molar-refractivity contribution is 0.0723. The Hall–Kier alpha value is -3.68. The van der Waals surface area contributed by atoms with E-state index in [1.807, 2.05) is 38.1 Å². The van der Waals surface area contributed by atoms with Crippen LogP contribution in [0.3, 0.4) is 0 Å². The summed E-state index contributed by atoms with van der Waals surface area (Å²) in [6.45, 7) is 4.08. The highest BCUT2D eigenvalue weighted by molar-refractivity contribution is 5.97. The van der Waals surface area contributed by atoms with Gasteiger partial charge in [-0.25, -0.2) is 4.98 Å². The number of H-pyrrole nitrogens is 1. The second-order valence-electron chi connectivity index (χ2n) is 7.71. The Morgan fingerprint density at radius 2 is 1.94 bits per heavy atom. The third kappa shape index (κ3) is 4.28. The first-order chi connectivity index (χ1) is 15.0. The monoisotopic (exact) mass is 419 g/mol. The van der Waals surface area contributed by atoms with Crippen molar-refractivity contribution >= 4 is 11.8 Å². The van der Waals surface area contributed by atoms with E-state index in [1.54, 1.807) is 36.3 Å². The normalized spacial score (nSPS) is 18.1. The molecule has 0 unspecified atom stereocenters. The fourth-order valence-electron chi connectivity index (χ4n) is 3.93. The van der Waals surface area contributed by atoms with Gasteiger partial charge in [-0.15, -0.1) is 0 Å². The number of carbonyl (C=O) groups is 2. The van der Waals surface area contributed by atoms with Crippen molar-refractivity contribution in [1.82, 2.24) is 25.4 Å². The van der Waals surface area contributed by atoms with Crippen molar-refractivity contribution in [2.24, 2.45) is 0 Å². The first kappa shape index (κ1) is 20.6. The molecule has 1 aliphatic heterocycles. The van der Waals surface area contributed by atoms with Crippen molar-refractivity contribution < 1.29 is 14.3 Å². The molecular weight excluding hydrogens is 394 g/mol. The predicted molar refractivity (Wildman–Crippen MR) is 115 cm³/mol. The molecule has 2 amide bonds. The van der Waals surface area contributed by atoms with Crippen molar-refractivity contribution in [3.8, 4) is 5.75 Å². The fourth-order valence-corrected chi connectivity index (χ4v) is 3.93. The van der Waals surface area contributed by atoms with Gasteiger partial charge in [-0.2, -0.15) is 5.10 Å². The van der Waals surface area contributed by atoms with E-state index in [4.69, 9.17) is 4.74 Å². The molecule has 2 N–H and O–H groups in total. The van der Waals surface area contributed by atoms with Gasteiger partial charge in [0.1, 0.15) is 11.6 Å². The summed E-state index contributed by atoms with van der Waals surface area (Å²) in [7, 11) is 1.60.